The van der Waals surface area contributed by atoms with Gasteiger partial charge >= 0.3 is 0 Å². The van der Waals surface area contributed by atoms with E-state index in [9.17, 15) is 0 Å². The van der Waals surface area contributed by atoms with E-state index in [2.05, 4.69) is 58.5 Å². The van der Waals surface area contributed by atoms with Crippen LogP contribution in [-0.4, -0.2) is 41.1 Å². The molecule has 1 atom stereocenters. The first kappa shape index (κ1) is 10.0. The summed E-state index contributed by atoms with van der Waals surface area (Å²) in [5.41, 5.74) is 0.459. The van der Waals surface area contributed by atoms with Gasteiger partial charge in [-0.2, -0.15) is 0 Å². The summed E-state index contributed by atoms with van der Waals surface area (Å²) < 4.78 is 0. The van der Waals surface area contributed by atoms with Gasteiger partial charge in [-0.1, -0.05) is 0 Å². The zero-order valence-corrected chi connectivity index (χ0v) is 9.47. The second kappa shape index (κ2) is 2.46. The molecule has 12 heavy (non-hydrogen) atoms. The first-order valence-corrected chi connectivity index (χ1v) is 4.69. The fourth-order valence-electron chi connectivity index (χ4n) is 2.17. The highest BCUT2D eigenvalue weighted by molar-refractivity contribution is 5.04. The maximum atomic E-state index is 2.45. The van der Waals surface area contributed by atoms with Gasteiger partial charge in [0.1, 0.15) is 0 Å². The summed E-state index contributed by atoms with van der Waals surface area (Å²) in [6.07, 6.45) is 0. The third-order valence-electron chi connectivity index (χ3n) is 4.15. The minimum absolute atomic E-state index is 0.183. The largest absolute Gasteiger partial charge is 0.284 e. The average molecular weight is 170 g/mol. The van der Waals surface area contributed by atoms with E-state index in [4.69, 9.17) is 0 Å². The van der Waals surface area contributed by atoms with Crippen LogP contribution >= 0.6 is 0 Å². The standard InChI is InChI=1S/C10H22N2/c1-8-9(2,3)12(7)10(4,5)11(8)6/h8H,1-7H3. The van der Waals surface area contributed by atoms with Crippen LogP contribution < -0.4 is 0 Å². The van der Waals surface area contributed by atoms with Gasteiger partial charge in [0.25, 0.3) is 0 Å². The van der Waals surface area contributed by atoms with Gasteiger partial charge in [-0.05, 0) is 48.7 Å². The van der Waals surface area contributed by atoms with Crippen molar-refractivity contribution in [2.75, 3.05) is 14.1 Å². The Morgan fingerprint density at radius 1 is 1.00 bits per heavy atom. The third-order valence-corrected chi connectivity index (χ3v) is 4.15. The fraction of sp³-hybridized carbons (Fsp3) is 1.00. The smallest absolute Gasteiger partial charge is 0.0682 e. The van der Waals surface area contributed by atoms with Crippen molar-refractivity contribution in [2.45, 2.75) is 51.9 Å². The number of likely N-dealkylation sites (N-methyl/N-ethyl adjacent to an activating group) is 2. The number of hydrogen-bond acceptors (Lipinski definition) is 2. The Kier molecular flexibility index (Phi) is 2.05. The lowest BCUT2D eigenvalue weighted by Crippen LogP contribution is -2.48. The molecule has 2 nitrogen and oxygen atoms in total. The summed E-state index contributed by atoms with van der Waals surface area (Å²) in [4.78, 5) is 4.89. The molecule has 0 N–H and O–H groups in total. The van der Waals surface area contributed by atoms with Crippen molar-refractivity contribution in [3.63, 3.8) is 0 Å². The normalized spacial score (nSPS) is 35.8. The molecule has 0 radical (unpaired) electrons. The van der Waals surface area contributed by atoms with E-state index >= 15 is 0 Å². The van der Waals surface area contributed by atoms with Crippen molar-refractivity contribution in [3.05, 3.63) is 0 Å². The summed E-state index contributed by atoms with van der Waals surface area (Å²) in [5.74, 6) is 0. The maximum absolute atomic E-state index is 2.45. The summed E-state index contributed by atoms with van der Waals surface area (Å²) in [7, 11) is 4.41. The third kappa shape index (κ3) is 1.01. The molecule has 0 aromatic carbocycles. The van der Waals surface area contributed by atoms with Gasteiger partial charge in [0, 0.05) is 11.6 Å². The van der Waals surface area contributed by atoms with E-state index < -0.39 is 0 Å². The Bertz CT molecular complexity index is 164. The highest BCUT2D eigenvalue weighted by atomic mass is 15.5. The number of hydrogen-bond donors (Lipinski definition) is 0. The fourth-order valence-corrected chi connectivity index (χ4v) is 2.17. The molecule has 0 aliphatic carbocycles. The second-order valence-electron chi connectivity index (χ2n) is 4.99. The van der Waals surface area contributed by atoms with Gasteiger partial charge in [-0.25, -0.2) is 0 Å². The predicted octanol–water partition coefficient (Wildman–Crippen LogP) is 1.77. The van der Waals surface area contributed by atoms with Gasteiger partial charge < -0.3 is 0 Å². The van der Waals surface area contributed by atoms with E-state index in [0.717, 1.165) is 0 Å². The molecule has 0 saturated carbocycles. The molecule has 1 aliphatic rings. The zero-order chi connectivity index (χ0) is 9.73. The zero-order valence-electron chi connectivity index (χ0n) is 9.47. The van der Waals surface area contributed by atoms with Crippen LogP contribution in [0.2, 0.25) is 0 Å². The van der Waals surface area contributed by atoms with Crippen LogP contribution in [0.1, 0.15) is 34.6 Å². The minimum Gasteiger partial charge on any atom is -0.284 e. The summed E-state index contributed by atoms with van der Waals surface area (Å²) in [6, 6.07) is 0.609. The highest BCUT2D eigenvalue weighted by Crippen LogP contribution is 2.38. The van der Waals surface area contributed by atoms with Crippen LogP contribution in [0.3, 0.4) is 0 Å². The van der Waals surface area contributed by atoms with Gasteiger partial charge in [-0.15, -0.1) is 0 Å². The van der Waals surface area contributed by atoms with Crippen molar-refractivity contribution in [1.29, 1.82) is 0 Å². The van der Waals surface area contributed by atoms with Crippen LogP contribution in [0, 0.1) is 0 Å². The minimum atomic E-state index is 0.183. The predicted molar refractivity (Wildman–Crippen MR) is 53.1 cm³/mol. The van der Waals surface area contributed by atoms with Crippen LogP contribution in [0.5, 0.6) is 0 Å². The monoisotopic (exact) mass is 170 g/mol. The topological polar surface area (TPSA) is 6.48 Å². The Labute approximate surface area is 76.5 Å². The lowest BCUT2D eigenvalue weighted by Gasteiger charge is -2.37. The molecule has 0 bridgehead atoms. The molecule has 1 saturated heterocycles. The van der Waals surface area contributed by atoms with Gasteiger partial charge in [0.15, 0.2) is 0 Å². The van der Waals surface area contributed by atoms with Gasteiger partial charge in [0.2, 0.25) is 0 Å². The Balaban J connectivity index is 3.03. The first-order valence-electron chi connectivity index (χ1n) is 4.69. The molecule has 1 rings (SSSR count). The van der Waals surface area contributed by atoms with E-state index in [1.54, 1.807) is 0 Å². The molecule has 72 valence electrons. The van der Waals surface area contributed by atoms with Crippen LogP contribution in [0.15, 0.2) is 0 Å². The first-order chi connectivity index (χ1) is 5.22. The lowest BCUT2D eigenvalue weighted by molar-refractivity contribution is 0.0555. The van der Waals surface area contributed by atoms with E-state index in [1.165, 1.54) is 0 Å². The van der Waals surface area contributed by atoms with E-state index in [0.29, 0.717) is 6.04 Å². The highest BCUT2D eigenvalue weighted by Gasteiger charge is 2.50. The summed E-state index contributed by atoms with van der Waals surface area (Å²) in [5, 5.41) is 0. The second-order valence-corrected chi connectivity index (χ2v) is 4.99. The summed E-state index contributed by atoms with van der Waals surface area (Å²) >= 11 is 0. The Hall–Kier alpha value is -0.0800. The lowest BCUT2D eigenvalue weighted by atomic mass is 9.96. The molecular formula is C10H22N2. The van der Waals surface area contributed by atoms with Crippen LogP contribution in [0.25, 0.3) is 0 Å². The molecule has 1 fully saturated rings. The molecular weight excluding hydrogens is 148 g/mol. The molecule has 1 unspecified atom stereocenters. The average Bonchev–Trinajstić information content (AvgIpc) is 2.06. The van der Waals surface area contributed by atoms with Crippen molar-refractivity contribution < 1.29 is 0 Å². The Morgan fingerprint density at radius 3 is 1.50 bits per heavy atom. The van der Waals surface area contributed by atoms with E-state index in [-0.39, 0.29) is 11.2 Å². The van der Waals surface area contributed by atoms with Crippen molar-refractivity contribution >= 4 is 0 Å². The molecule has 0 spiro atoms. The van der Waals surface area contributed by atoms with Crippen LogP contribution in [-0.2, 0) is 0 Å². The van der Waals surface area contributed by atoms with Crippen molar-refractivity contribution in [3.8, 4) is 0 Å². The SMILES string of the molecule is CC1N(C)C(C)(C)N(C)C1(C)C. The van der Waals surface area contributed by atoms with Crippen LogP contribution in [0.4, 0.5) is 0 Å². The molecule has 1 aliphatic heterocycles. The molecule has 1 heterocycles. The summed E-state index contributed by atoms with van der Waals surface area (Å²) in [6.45, 7) is 11.5. The van der Waals surface area contributed by atoms with Gasteiger partial charge in [0.05, 0.1) is 5.66 Å². The van der Waals surface area contributed by atoms with Crippen molar-refractivity contribution in [2.24, 2.45) is 0 Å². The maximum Gasteiger partial charge on any atom is 0.0682 e. The molecule has 0 amide bonds. The molecule has 0 aromatic heterocycles. The molecule has 2 heteroatoms. The van der Waals surface area contributed by atoms with Crippen molar-refractivity contribution in [1.82, 2.24) is 9.80 Å². The Morgan fingerprint density at radius 2 is 1.42 bits per heavy atom. The quantitative estimate of drug-likeness (QED) is 0.546. The number of rotatable bonds is 0. The molecule has 0 aromatic rings. The van der Waals surface area contributed by atoms with Gasteiger partial charge in [-0.3, -0.25) is 9.80 Å². The van der Waals surface area contributed by atoms with E-state index in [1.807, 2.05) is 0 Å². The number of nitrogens with zero attached hydrogens (tertiary/aromatic N) is 2.